The molecular weight excluding hydrogens is 152 g/mol. The molecule has 6 heavy (non-hydrogen) atoms. The molecule has 0 saturated heterocycles. The predicted molar refractivity (Wildman–Crippen MR) is 24.9 cm³/mol. The SMILES string of the molecule is C=[C-]CC.[Br-].[Mg+2]. The molecule has 0 saturated carbocycles. The summed E-state index contributed by atoms with van der Waals surface area (Å²) >= 11 is 0. The van der Waals surface area contributed by atoms with Gasteiger partial charge in [-0.05, 0) is 0 Å². The molecule has 0 atom stereocenters. The second kappa shape index (κ2) is 16.7. The molecule has 0 spiro atoms. The number of hydrogen-bond acceptors (Lipinski definition) is 0. The molecule has 2 heteroatoms. The standard InChI is InChI=1S/C4H7.BrH.Mg/c1-3-4-2;;/h1,4H2,2H3;1H;/q-1;;+2/p-1. The van der Waals surface area contributed by atoms with E-state index in [1.54, 1.807) is 0 Å². The van der Waals surface area contributed by atoms with Crippen LogP contribution in [0.15, 0.2) is 6.58 Å². The van der Waals surface area contributed by atoms with Gasteiger partial charge in [-0.3, -0.25) is 6.58 Å². The van der Waals surface area contributed by atoms with E-state index >= 15 is 0 Å². The van der Waals surface area contributed by atoms with Crippen LogP contribution in [0.4, 0.5) is 0 Å². The first-order valence-electron chi connectivity index (χ1n) is 1.41. The molecule has 0 aliphatic rings. The van der Waals surface area contributed by atoms with Gasteiger partial charge in [-0.1, -0.05) is 6.92 Å². The van der Waals surface area contributed by atoms with Crippen molar-refractivity contribution in [1.82, 2.24) is 0 Å². The summed E-state index contributed by atoms with van der Waals surface area (Å²) in [5, 5.41) is 0. The van der Waals surface area contributed by atoms with Gasteiger partial charge in [0.2, 0.25) is 0 Å². The van der Waals surface area contributed by atoms with Crippen molar-refractivity contribution in [3.8, 4) is 0 Å². The van der Waals surface area contributed by atoms with Crippen molar-refractivity contribution in [3.05, 3.63) is 12.7 Å². The minimum atomic E-state index is 0. The Labute approximate surface area is 65.9 Å². The normalized spacial score (nSPS) is 4.17. The van der Waals surface area contributed by atoms with Crippen LogP contribution in [-0.2, 0) is 0 Å². The second-order valence-electron chi connectivity index (χ2n) is 0.604. The summed E-state index contributed by atoms with van der Waals surface area (Å²) in [6.07, 6.45) is 3.64. The zero-order valence-corrected chi connectivity index (χ0v) is 7.00. The summed E-state index contributed by atoms with van der Waals surface area (Å²) in [7, 11) is 0. The predicted octanol–water partition coefficient (Wildman–Crippen LogP) is -1.99. The van der Waals surface area contributed by atoms with Crippen LogP contribution in [0.2, 0.25) is 0 Å². The first-order chi connectivity index (χ1) is 1.91. The van der Waals surface area contributed by atoms with E-state index in [1.165, 1.54) is 0 Å². The van der Waals surface area contributed by atoms with Gasteiger partial charge in [-0.15, -0.1) is 0 Å². The van der Waals surface area contributed by atoms with Crippen LogP contribution >= 0.6 is 0 Å². The molecule has 0 unspecified atom stereocenters. The Bertz CT molecular complexity index is 21.5. The Morgan fingerprint density at radius 3 is 1.83 bits per heavy atom. The Morgan fingerprint density at radius 2 is 1.83 bits per heavy atom. The van der Waals surface area contributed by atoms with Gasteiger partial charge in [0.05, 0.1) is 0 Å². The molecule has 0 aromatic heterocycles. The summed E-state index contributed by atoms with van der Waals surface area (Å²) in [4.78, 5) is 0. The second-order valence-corrected chi connectivity index (χ2v) is 0.604. The monoisotopic (exact) mass is 158 g/mol. The van der Waals surface area contributed by atoms with Gasteiger partial charge in [0.15, 0.2) is 0 Å². The molecule has 0 radical (unpaired) electrons. The average Bonchev–Trinajstić information content (AvgIpc) is 1.37. The van der Waals surface area contributed by atoms with Crippen LogP contribution < -0.4 is 17.0 Å². The van der Waals surface area contributed by atoms with Crippen molar-refractivity contribution in [3.63, 3.8) is 0 Å². The minimum absolute atomic E-state index is 0. The van der Waals surface area contributed by atoms with Crippen molar-refractivity contribution in [2.75, 3.05) is 0 Å². The van der Waals surface area contributed by atoms with E-state index in [0.717, 1.165) is 6.42 Å². The molecule has 0 heterocycles. The molecular formula is C4H7BrMg. The summed E-state index contributed by atoms with van der Waals surface area (Å²) < 4.78 is 0. The van der Waals surface area contributed by atoms with Gasteiger partial charge in [0.1, 0.15) is 0 Å². The Hall–Kier alpha value is 0.986. The topological polar surface area (TPSA) is 0 Å². The fraction of sp³-hybridized carbons (Fsp3) is 0.500. The quantitative estimate of drug-likeness (QED) is 0.307. The minimum Gasteiger partial charge on any atom is -1.00 e. The van der Waals surface area contributed by atoms with Crippen molar-refractivity contribution in [2.24, 2.45) is 0 Å². The fourth-order valence-corrected chi connectivity index (χ4v) is 0. The van der Waals surface area contributed by atoms with Crippen molar-refractivity contribution in [1.29, 1.82) is 0 Å². The molecule has 32 valence electrons. The number of rotatable bonds is 1. The first kappa shape index (κ1) is 15.8. The molecule has 0 N–H and O–H groups in total. The molecule has 0 bridgehead atoms. The largest absolute Gasteiger partial charge is 2.00 e. The van der Waals surface area contributed by atoms with E-state index in [2.05, 4.69) is 12.7 Å². The molecule has 0 nitrogen and oxygen atoms in total. The molecule has 0 aliphatic heterocycles. The van der Waals surface area contributed by atoms with Crippen molar-refractivity contribution in [2.45, 2.75) is 13.3 Å². The maximum Gasteiger partial charge on any atom is 2.00 e. The van der Waals surface area contributed by atoms with E-state index in [1.807, 2.05) is 6.92 Å². The van der Waals surface area contributed by atoms with Gasteiger partial charge >= 0.3 is 23.1 Å². The number of halogens is 1. The Balaban J connectivity index is -0.0000000450. The molecule has 0 rings (SSSR count). The Kier molecular flexibility index (Phi) is 43.8. The van der Waals surface area contributed by atoms with Crippen LogP contribution in [0.5, 0.6) is 0 Å². The Morgan fingerprint density at radius 1 is 1.67 bits per heavy atom. The van der Waals surface area contributed by atoms with Crippen LogP contribution in [-0.4, -0.2) is 23.1 Å². The maximum atomic E-state index is 3.35. The summed E-state index contributed by atoms with van der Waals surface area (Å²) in [6, 6.07) is 0. The third-order valence-corrected chi connectivity index (χ3v) is 0.250. The smallest absolute Gasteiger partial charge is 1.00 e. The zero-order valence-electron chi connectivity index (χ0n) is 4.00. The van der Waals surface area contributed by atoms with Crippen molar-refractivity contribution < 1.29 is 17.0 Å². The number of hydrogen-bond donors (Lipinski definition) is 0. The summed E-state index contributed by atoms with van der Waals surface area (Å²) in [5.41, 5.74) is 0. The third kappa shape index (κ3) is 20.1. The van der Waals surface area contributed by atoms with E-state index < -0.39 is 0 Å². The van der Waals surface area contributed by atoms with Gasteiger partial charge in [-0.25, -0.2) is 0 Å². The van der Waals surface area contributed by atoms with E-state index in [-0.39, 0.29) is 40.0 Å². The molecule has 0 aliphatic carbocycles. The van der Waals surface area contributed by atoms with E-state index in [9.17, 15) is 0 Å². The molecule has 0 aromatic rings. The van der Waals surface area contributed by atoms with E-state index in [0.29, 0.717) is 0 Å². The van der Waals surface area contributed by atoms with Gasteiger partial charge < -0.3 is 23.1 Å². The molecule has 0 fully saturated rings. The average molecular weight is 159 g/mol. The van der Waals surface area contributed by atoms with Gasteiger partial charge in [0, 0.05) is 0 Å². The van der Waals surface area contributed by atoms with Gasteiger partial charge in [0.25, 0.3) is 0 Å². The maximum absolute atomic E-state index is 3.35. The van der Waals surface area contributed by atoms with Crippen molar-refractivity contribution >= 4 is 23.1 Å². The molecule has 0 amide bonds. The number of allylic oxidation sites excluding steroid dienone is 1. The summed E-state index contributed by atoms with van der Waals surface area (Å²) in [6.45, 7) is 5.36. The third-order valence-electron chi connectivity index (χ3n) is 0.250. The van der Waals surface area contributed by atoms with Crippen LogP contribution in [0.25, 0.3) is 0 Å². The zero-order chi connectivity index (χ0) is 3.41. The van der Waals surface area contributed by atoms with Crippen LogP contribution in [0.1, 0.15) is 13.3 Å². The van der Waals surface area contributed by atoms with Gasteiger partial charge in [-0.2, -0.15) is 6.42 Å². The fourth-order valence-electron chi connectivity index (χ4n) is 0. The summed E-state index contributed by atoms with van der Waals surface area (Å²) in [5.74, 6) is 0. The van der Waals surface area contributed by atoms with Crippen LogP contribution in [0.3, 0.4) is 0 Å². The molecule has 0 aromatic carbocycles. The van der Waals surface area contributed by atoms with E-state index in [4.69, 9.17) is 0 Å². The van der Waals surface area contributed by atoms with Crippen LogP contribution in [0, 0.1) is 6.08 Å². The first-order valence-corrected chi connectivity index (χ1v) is 1.41.